The molecule has 728 valence electrons. The van der Waals surface area contributed by atoms with Gasteiger partial charge in [-0.3, -0.25) is 0 Å². The Balaban J connectivity index is 0.000000164. The van der Waals surface area contributed by atoms with E-state index in [2.05, 4.69) is 478 Å². The van der Waals surface area contributed by atoms with Crippen LogP contribution in [0.1, 0.15) is 293 Å². The van der Waals surface area contributed by atoms with Crippen molar-refractivity contribution in [3.8, 4) is 0 Å². The third-order valence-corrected chi connectivity index (χ3v) is 56.7. The van der Waals surface area contributed by atoms with Crippen LogP contribution in [-0.2, 0) is 21.7 Å². The molecule has 8 aliphatic rings. The van der Waals surface area contributed by atoms with E-state index in [4.69, 9.17) is 21.3 Å². The first kappa shape index (κ1) is 109. The number of hydrogen-bond acceptors (Lipinski definition) is 0. The molecule has 4 saturated carbocycles. The SMILES string of the molecule is CCCCC1CCCC(C)([N-]C2C=CC=C2)C(C)(C)C1(C)[SiH](c1ccccc1)c1ccccc1.CCCCC1CCCC(C)([N-]C2C=CC=C2)C(C)(C)C1(C)[SiH](c1ccccc1)c1ccccc1.CCCCC1CCCC(C)([N-]C2C=CC=C2)C(C)(C)C1(C)[SiH](c1ccccc1)c1ccccc1.CCCCC1CCCC(C)([N-]C2C=CC=C2)C(C)(C)C1(C)[SiH](c1ccccc1)c1ccccc1.[Ti+4]. The first-order valence-electron chi connectivity index (χ1n) is 54.0. The largest absolute Gasteiger partial charge is 4.00 e. The summed E-state index contributed by atoms with van der Waals surface area (Å²) in [5.74, 6) is 2.86. The maximum absolute atomic E-state index is 5.61. The molecule has 0 radical (unpaired) electrons. The van der Waals surface area contributed by atoms with Gasteiger partial charge >= 0.3 is 21.7 Å². The number of unbranched alkanes of at least 4 members (excludes halogenated alkanes) is 4. The van der Waals surface area contributed by atoms with Gasteiger partial charge in [0.25, 0.3) is 0 Å². The predicted molar refractivity (Wildman–Crippen MR) is 609 cm³/mol. The summed E-state index contributed by atoms with van der Waals surface area (Å²) in [4.78, 5) is 0. The second-order valence-electron chi connectivity index (χ2n) is 46.2. The minimum atomic E-state index is -1.63. The summed E-state index contributed by atoms with van der Waals surface area (Å²) in [6.07, 6.45) is 66.3. The van der Waals surface area contributed by atoms with Gasteiger partial charge in [0, 0.05) is 0 Å². The van der Waals surface area contributed by atoms with Crippen molar-refractivity contribution < 1.29 is 21.7 Å². The third kappa shape index (κ3) is 23.0. The fraction of sp³-hybridized carbons (Fsp3) is 0.500. The van der Waals surface area contributed by atoms with Crippen LogP contribution in [0.25, 0.3) is 21.3 Å². The summed E-state index contributed by atoms with van der Waals surface area (Å²) < 4.78 is 0. The molecule has 8 aromatic carbocycles. The van der Waals surface area contributed by atoms with E-state index in [1.54, 1.807) is 41.5 Å². The Morgan fingerprint density at radius 2 is 0.358 bits per heavy atom. The van der Waals surface area contributed by atoms with Crippen LogP contribution in [0.15, 0.2) is 340 Å². The smallest absolute Gasteiger partial charge is 0.647 e. The van der Waals surface area contributed by atoms with Crippen LogP contribution in [0.4, 0.5) is 0 Å². The molecular formula is C128H176N4Si4Ti. The summed E-state index contributed by atoms with van der Waals surface area (Å²) in [5, 5.41) is 35.8. The third-order valence-electron chi connectivity index (χ3n) is 38.8. The Bertz CT molecular complexity index is 4370. The quantitative estimate of drug-likeness (QED) is 0.0298. The van der Waals surface area contributed by atoms with Crippen LogP contribution in [-0.4, -0.2) is 81.5 Å². The van der Waals surface area contributed by atoms with Gasteiger partial charge in [-0.05, 0) is 65.5 Å². The molecule has 4 fully saturated rings. The van der Waals surface area contributed by atoms with E-state index in [0.717, 1.165) is 0 Å². The van der Waals surface area contributed by atoms with Crippen LogP contribution in [0.3, 0.4) is 0 Å². The van der Waals surface area contributed by atoms with Crippen LogP contribution in [0, 0.1) is 45.3 Å². The van der Waals surface area contributed by atoms with Gasteiger partial charge in [0.15, 0.2) is 0 Å². The standard InChI is InChI=1S/4C32H44NSi.Ti/c4*1-6-7-17-26-18-16-25-31(4,33-27-19-14-15-20-27)30(2,3)32(26,5)34(28-21-10-8-11-22-28)29-23-12-9-13-24-29;/h4*8-15,19-24,26-27,34H,6-7,16-18,25H2,1-5H3;/q4*-1;+4. The fourth-order valence-electron chi connectivity index (χ4n) is 28.5. The van der Waals surface area contributed by atoms with Gasteiger partial charge in [0.1, 0.15) is 35.2 Å². The van der Waals surface area contributed by atoms with Crippen LogP contribution >= 0.6 is 0 Å². The molecule has 12 atom stereocenters. The number of benzene rings is 8. The Hall–Kier alpha value is -6.90. The molecule has 12 unspecified atom stereocenters. The van der Waals surface area contributed by atoms with Gasteiger partial charge in [-0.15, -0.1) is 22.2 Å². The summed E-state index contributed by atoms with van der Waals surface area (Å²) in [7, 11) is -6.51. The van der Waals surface area contributed by atoms with Gasteiger partial charge in [0.05, 0.1) is 0 Å². The van der Waals surface area contributed by atoms with Crippen LogP contribution in [0.2, 0.25) is 20.2 Å². The fourth-order valence-corrected chi connectivity index (χ4v) is 47.8. The van der Waals surface area contributed by atoms with Crippen molar-refractivity contribution in [1.29, 1.82) is 0 Å². The van der Waals surface area contributed by atoms with E-state index in [0.29, 0.717) is 23.7 Å². The van der Waals surface area contributed by atoms with Crippen molar-refractivity contribution in [2.45, 2.75) is 359 Å². The van der Waals surface area contributed by atoms with E-state index in [1.165, 1.54) is 154 Å². The summed E-state index contributed by atoms with van der Waals surface area (Å²) in [6, 6.07) is 93.1. The zero-order chi connectivity index (χ0) is 96.9. The number of allylic oxidation sites excluding steroid dienone is 8. The molecule has 0 amide bonds. The van der Waals surface area contributed by atoms with Crippen molar-refractivity contribution in [2.75, 3.05) is 0 Å². The zero-order valence-corrected chi connectivity index (χ0v) is 94.7. The minimum Gasteiger partial charge on any atom is -0.647 e. The van der Waals surface area contributed by atoms with Crippen molar-refractivity contribution in [2.24, 2.45) is 45.3 Å². The molecule has 0 aromatic heterocycles. The van der Waals surface area contributed by atoms with E-state index in [9.17, 15) is 0 Å². The van der Waals surface area contributed by atoms with E-state index >= 15 is 0 Å². The second-order valence-corrected chi connectivity index (χ2v) is 59.8. The molecule has 0 spiro atoms. The summed E-state index contributed by atoms with van der Waals surface area (Å²) in [6.45, 7) is 50.7. The molecule has 8 aliphatic carbocycles. The average molecular weight is 1930 g/mol. The van der Waals surface area contributed by atoms with Crippen molar-refractivity contribution in [3.05, 3.63) is 361 Å². The zero-order valence-electron chi connectivity index (χ0n) is 88.5. The normalized spacial score (nSPS) is 28.7. The molecule has 0 saturated heterocycles. The van der Waals surface area contributed by atoms with Gasteiger partial charge in [-0.25, -0.2) is 0 Å². The van der Waals surface area contributed by atoms with Gasteiger partial charge in [-0.1, -0.05) is 698 Å². The minimum absolute atomic E-state index is 0. The number of rotatable bonds is 32. The van der Waals surface area contributed by atoms with E-state index < -0.39 is 35.2 Å². The Labute approximate surface area is 857 Å². The molecule has 0 aliphatic heterocycles. The first-order valence-corrected chi connectivity index (χ1v) is 60.9. The van der Waals surface area contributed by atoms with Crippen molar-refractivity contribution in [3.63, 3.8) is 0 Å². The topological polar surface area (TPSA) is 56.4 Å². The van der Waals surface area contributed by atoms with Gasteiger partial charge in [-0.2, -0.15) is 0 Å². The summed E-state index contributed by atoms with van der Waals surface area (Å²) >= 11 is 0. The van der Waals surface area contributed by atoms with Crippen molar-refractivity contribution >= 4 is 76.7 Å². The van der Waals surface area contributed by atoms with Gasteiger partial charge in [0.2, 0.25) is 0 Å². The van der Waals surface area contributed by atoms with Crippen LogP contribution in [0.5, 0.6) is 0 Å². The summed E-state index contributed by atoms with van der Waals surface area (Å²) in [5.41, 5.74) is -0.0438. The molecule has 8 aromatic rings. The van der Waals surface area contributed by atoms with Crippen molar-refractivity contribution in [1.82, 2.24) is 0 Å². The molecule has 137 heavy (non-hydrogen) atoms. The van der Waals surface area contributed by atoms with E-state index in [1.807, 2.05) is 0 Å². The molecular weight excluding hydrogens is 1750 g/mol. The molecule has 0 bridgehead atoms. The maximum Gasteiger partial charge on any atom is 4.00 e. The molecule has 16 rings (SSSR count). The first-order chi connectivity index (χ1) is 65.3. The average Bonchev–Trinajstić information content (AvgIpc) is 1.70. The Kier molecular flexibility index (Phi) is 38.5. The molecule has 4 nitrogen and oxygen atoms in total. The molecule has 0 N–H and O–H groups in total. The predicted octanol–water partition coefficient (Wildman–Crippen LogP) is 29.7. The molecule has 9 heteroatoms. The van der Waals surface area contributed by atoms with E-state index in [-0.39, 0.29) is 110 Å². The number of hydrogen-bond donors (Lipinski definition) is 0. The Morgan fingerprint density at radius 1 is 0.219 bits per heavy atom. The van der Waals surface area contributed by atoms with Crippen LogP contribution < -0.4 is 41.5 Å². The Morgan fingerprint density at radius 3 is 0.489 bits per heavy atom. The number of nitrogens with zero attached hydrogens (tertiary/aromatic N) is 4. The van der Waals surface area contributed by atoms with Gasteiger partial charge < -0.3 is 21.3 Å². The maximum atomic E-state index is 5.61. The molecule has 0 heterocycles. The monoisotopic (exact) mass is 1930 g/mol. The second kappa shape index (κ2) is 48.5.